The second-order valence-electron chi connectivity index (χ2n) is 5.70. The molecule has 0 fully saturated rings. The Morgan fingerprint density at radius 2 is 0.816 bits per heavy atom. The van der Waals surface area contributed by atoms with Crippen LogP contribution in [0.5, 0.6) is 17.2 Å². The number of aliphatic hydroxyl groups is 2. The molecule has 0 aliphatic carbocycles. The lowest BCUT2D eigenvalue weighted by atomic mass is 10.3. The highest BCUT2D eigenvalue weighted by Gasteiger charge is 2.00. The molecular weight excluding hydrogens is 515 g/mol. The highest BCUT2D eigenvalue weighted by Crippen LogP contribution is 2.08. The standard InChI is InChI=1S/C8H8O3.2C6H6O.C3H6O3.C2H7P.2CH4O/c1-10-8(9)11-7-5-3-2-4-6-7;2*7-6-4-2-1-3-5-6;1-5-3(4)6-2;1-3-2;2*1-2/h2-6H,1H3;2*1-5,7H;1-2H3;3H,1-2H3;2*2H,1H3. The minimum Gasteiger partial charge on any atom is -0.508 e. The maximum Gasteiger partial charge on any atom is 0.513 e. The fourth-order valence-corrected chi connectivity index (χ4v) is 1.57. The highest BCUT2D eigenvalue weighted by molar-refractivity contribution is 7.35. The zero-order valence-electron chi connectivity index (χ0n) is 22.9. The monoisotopic (exact) mass is 556 g/mol. The average Bonchev–Trinajstić information content (AvgIpc) is 2.97. The molecule has 0 atom stereocenters. The van der Waals surface area contributed by atoms with E-state index in [2.05, 4.69) is 27.5 Å². The highest BCUT2D eigenvalue weighted by atomic mass is 31.1. The van der Waals surface area contributed by atoms with E-state index in [0.717, 1.165) is 22.8 Å². The first kappa shape index (κ1) is 41.3. The van der Waals surface area contributed by atoms with Gasteiger partial charge in [0.15, 0.2) is 0 Å². The summed E-state index contributed by atoms with van der Waals surface area (Å²) in [5.74, 6) is 1.13. The Hall–Kier alpha value is -3.85. The Morgan fingerprint density at radius 3 is 1.00 bits per heavy atom. The largest absolute Gasteiger partial charge is 0.513 e. The van der Waals surface area contributed by atoms with Crippen molar-refractivity contribution in [3.8, 4) is 17.2 Å². The van der Waals surface area contributed by atoms with Gasteiger partial charge in [0.05, 0.1) is 21.3 Å². The maximum absolute atomic E-state index is 10.5. The van der Waals surface area contributed by atoms with Gasteiger partial charge in [-0.25, -0.2) is 9.59 Å². The topological polar surface area (TPSA) is 152 Å². The number of carbonyl (C=O) groups is 2. The van der Waals surface area contributed by atoms with Gasteiger partial charge >= 0.3 is 12.3 Å². The minimum atomic E-state index is -0.698. The summed E-state index contributed by atoms with van der Waals surface area (Å²) in [6, 6.07) is 26.2. The molecule has 3 aromatic rings. The molecule has 0 bridgehead atoms. The molecule has 0 spiro atoms. The molecule has 0 saturated carbocycles. The van der Waals surface area contributed by atoms with Crippen molar-refractivity contribution in [1.29, 1.82) is 0 Å². The van der Waals surface area contributed by atoms with Gasteiger partial charge in [-0.05, 0) is 49.7 Å². The first-order chi connectivity index (χ1) is 18.3. The lowest BCUT2D eigenvalue weighted by molar-refractivity contribution is 0.0924. The Morgan fingerprint density at radius 1 is 0.553 bits per heavy atom. The molecule has 0 radical (unpaired) electrons. The molecule has 0 aliphatic heterocycles. The quantitative estimate of drug-likeness (QED) is 0.180. The maximum atomic E-state index is 10.5. The molecule has 214 valence electrons. The van der Waals surface area contributed by atoms with E-state index in [1.165, 1.54) is 21.3 Å². The number of benzene rings is 3. The molecule has 0 unspecified atom stereocenters. The molecule has 0 aromatic heterocycles. The van der Waals surface area contributed by atoms with E-state index >= 15 is 0 Å². The third-order valence-corrected chi connectivity index (χ3v) is 2.96. The zero-order valence-corrected chi connectivity index (χ0v) is 23.9. The van der Waals surface area contributed by atoms with Crippen LogP contribution in [-0.4, -0.2) is 81.6 Å². The molecule has 3 aromatic carbocycles. The van der Waals surface area contributed by atoms with Crippen molar-refractivity contribution in [2.45, 2.75) is 0 Å². The summed E-state index contributed by atoms with van der Waals surface area (Å²) in [5.41, 5.74) is 0. The van der Waals surface area contributed by atoms with Crippen molar-refractivity contribution in [3.63, 3.8) is 0 Å². The van der Waals surface area contributed by atoms with Crippen molar-refractivity contribution in [3.05, 3.63) is 91.0 Å². The van der Waals surface area contributed by atoms with E-state index in [9.17, 15) is 9.59 Å². The van der Waals surface area contributed by atoms with E-state index < -0.39 is 12.3 Å². The van der Waals surface area contributed by atoms with Crippen LogP contribution in [0.15, 0.2) is 91.0 Å². The molecule has 3 rings (SSSR count). The van der Waals surface area contributed by atoms with Crippen LogP contribution in [0.3, 0.4) is 0 Å². The molecule has 10 nitrogen and oxygen atoms in total. The van der Waals surface area contributed by atoms with E-state index in [1.54, 1.807) is 72.8 Å². The Kier molecular flexibility index (Phi) is 38.4. The predicted molar refractivity (Wildman–Crippen MR) is 152 cm³/mol. The second-order valence-corrected chi connectivity index (χ2v) is 6.70. The van der Waals surface area contributed by atoms with Gasteiger partial charge in [0.1, 0.15) is 17.2 Å². The fraction of sp³-hybridized carbons (Fsp3) is 0.259. The van der Waals surface area contributed by atoms with Crippen LogP contribution in [-0.2, 0) is 14.2 Å². The third-order valence-electron chi connectivity index (χ3n) is 2.96. The Bertz CT molecular complexity index is 808. The summed E-state index contributed by atoms with van der Waals surface area (Å²) in [5, 5.41) is 31.3. The van der Waals surface area contributed by atoms with E-state index in [4.69, 9.17) is 25.2 Å². The van der Waals surface area contributed by atoms with E-state index in [-0.39, 0.29) is 0 Å². The summed E-state index contributed by atoms with van der Waals surface area (Å²) in [7, 11) is 6.86. The minimum absolute atomic E-state index is 0.322. The van der Waals surface area contributed by atoms with Crippen LogP contribution in [0.2, 0.25) is 0 Å². The number of aromatic hydroxyl groups is 2. The molecule has 0 saturated heterocycles. The number of aliphatic hydroxyl groups excluding tert-OH is 2. The second kappa shape index (κ2) is 35.3. The van der Waals surface area contributed by atoms with Gasteiger partial charge in [0.25, 0.3) is 0 Å². The third kappa shape index (κ3) is 34.3. The first-order valence-electron chi connectivity index (χ1n) is 10.7. The van der Waals surface area contributed by atoms with Gasteiger partial charge in [-0.1, -0.05) is 54.6 Å². The van der Waals surface area contributed by atoms with Gasteiger partial charge in [0.2, 0.25) is 0 Å². The van der Waals surface area contributed by atoms with Gasteiger partial charge in [-0.3, -0.25) is 0 Å². The number of rotatable bonds is 1. The van der Waals surface area contributed by atoms with Crippen LogP contribution in [0.1, 0.15) is 0 Å². The number of phenolic OH excluding ortho intramolecular Hbond substituents is 2. The van der Waals surface area contributed by atoms with Crippen LogP contribution >= 0.6 is 8.58 Å². The van der Waals surface area contributed by atoms with Crippen molar-refractivity contribution < 1.29 is 49.0 Å². The van der Waals surface area contributed by atoms with E-state index in [1.807, 2.05) is 18.2 Å². The van der Waals surface area contributed by atoms with Crippen molar-refractivity contribution >= 4 is 20.9 Å². The van der Waals surface area contributed by atoms with Crippen molar-refractivity contribution in [2.75, 3.05) is 48.9 Å². The summed E-state index contributed by atoms with van der Waals surface area (Å²) in [4.78, 5) is 20.3. The van der Waals surface area contributed by atoms with Gasteiger partial charge in [0, 0.05) is 14.2 Å². The first-order valence-corrected chi connectivity index (χ1v) is 12.7. The average molecular weight is 557 g/mol. The Balaban J connectivity index is -0.000000192. The fourth-order valence-electron chi connectivity index (χ4n) is 1.57. The number of phenols is 2. The number of ether oxygens (including phenoxy) is 4. The predicted octanol–water partition coefficient (Wildman–Crippen LogP) is 5.16. The van der Waals surface area contributed by atoms with E-state index in [0.29, 0.717) is 17.2 Å². The van der Waals surface area contributed by atoms with Crippen molar-refractivity contribution in [1.82, 2.24) is 0 Å². The summed E-state index contributed by atoms with van der Waals surface area (Å²) in [6.07, 6.45) is -1.36. The summed E-state index contributed by atoms with van der Waals surface area (Å²) >= 11 is 0. The summed E-state index contributed by atoms with van der Waals surface area (Å²) < 4.78 is 17.1. The van der Waals surface area contributed by atoms with Crippen molar-refractivity contribution in [2.24, 2.45) is 0 Å². The molecule has 0 aliphatic rings. The number of para-hydroxylation sites is 3. The molecule has 38 heavy (non-hydrogen) atoms. The molecular formula is C27H41O10P. The lowest BCUT2D eigenvalue weighted by Crippen LogP contribution is -2.06. The van der Waals surface area contributed by atoms with Crippen LogP contribution in [0.4, 0.5) is 9.59 Å². The smallest absolute Gasteiger partial charge is 0.508 e. The number of hydrogen-bond donors (Lipinski definition) is 4. The number of hydrogen-bond acceptors (Lipinski definition) is 10. The SMILES string of the molecule is CO.CO.COC(=O)OC.COC(=O)Oc1ccccc1.CPC.Oc1ccccc1.Oc1ccccc1. The van der Waals surface area contributed by atoms with Crippen LogP contribution < -0.4 is 4.74 Å². The van der Waals surface area contributed by atoms with Gasteiger partial charge in [-0.15, -0.1) is 8.58 Å². The van der Waals surface area contributed by atoms with Crippen LogP contribution in [0.25, 0.3) is 0 Å². The molecule has 0 heterocycles. The van der Waals surface area contributed by atoms with Gasteiger partial charge in [-0.2, -0.15) is 0 Å². The summed E-state index contributed by atoms with van der Waals surface area (Å²) in [6.45, 7) is 4.31. The number of methoxy groups -OCH3 is 3. The Labute approximate surface area is 227 Å². The number of carbonyl (C=O) groups excluding carboxylic acids is 2. The molecule has 4 N–H and O–H groups in total. The molecule has 11 heteroatoms. The van der Waals surface area contributed by atoms with Crippen LogP contribution in [0, 0.1) is 0 Å². The zero-order chi connectivity index (χ0) is 30.0. The molecule has 0 amide bonds. The lowest BCUT2D eigenvalue weighted by Gasteiger charge is -1.99. The normalized spacial score (nSPS) is 7.61. The van der Waals surface area contributed by atoms with Gasteiger partial charge < -0.3 is 39.4 Å².